The second-order valence-corrected chi connectivity index (χ2v) is 4.76. The van der Waals surface area contributed by atoms with E-state index in [4.69, 9.17) is 5.11 Å². The fourth-order valence-electron chi connectivity index (χ4n) is 1.34. The first-order valence-electron chi connectivity index (χ1n) is 4.73. The van der Waals surface area contributed by atoms with Crippen molar-refractivity contribution >= 4 is 43.6 Å². The van der Waals surface area contributed by atoms with Gasteiger partial charge >= 0.3 is 5.97 Å². The van der Waals surface area contributed by atoms with Crippen molar-refractivity contribution < 1.29 is 19.8 Å². The molecule has 0 fully saturated rings. The fraction of sp³-hybridized carbons (Fsp3) is 0.273. The number of benzene rings is 1. The van der Waals surface area contributed by atoms with Gasteiger partial charge in [-0.25, -0.2) is 4.79 Å². The molecular formula is C11H10Br2O4. The number of hydrogen-bond acceptors (Lipinski definition) is 3. The van der Waals surface area contributed by atoms with E-state index in [-0.39, 0.29) is 23.1 Å². The largest absolute Gasteiger partial charge is 0.479 e. The van der Waals surface area contributed by atoms with Crippen LogP contribution in [-0.2, 0) is 16.0 Å². The molecule has 0 spiro atoms. The van der Waals surface area contributed by atoms with Crippen molar-refractivity contribution in [2.24, 2.45) is 0 Å². The third kappa shape index (κ3) is 3.62. The van der Waals surface area contributed by atoms with Crippen LogP contribution in [0.5, 0.6) is 0 Å². The maximum absolute atomic E-state index is 11.3. The molecule has 1 atom stereocenters. The lowest BCUT2D eigenvalue weighted by Gasteiger charge is -2.11. The molecule has 0 aliphatic rings. The molecule has 1 unspecified atom stereocenters. The number of aliphatic hydroxyl groups is 1. The molecule has 0 saturated heterocycles. The smallest absolute Gasteiger partial charge is 0.337 e. The summed E-state index contributed by atoms with van der Waals surface area (Å²) in [6.45, 7) is 0. The molecule has 0 saturated carbocycles. The van der Waals surface area contributed by atoms with E-state index in [1.165, 1.54) is 6.07 Å². The van der Waals surface area contributed by atoms with Crippen LogP contribution in [0.15, 0.2) is 22.7 Å². The normalized spacial score (nSPS) is 12.2. The summed E-state index contributed by atoms with van der Waals surface area (Å²) in [7, 11) is 0. The van der Waals surface area contributed by atoms with Crippen molar-refractivity contribution in [1.82, 2.24) is 0 Å². The molecule has 2 N–H and O–H groups in total. The monoisotopic (exact) mass is 364 g/mol. The average molecular weight is 366 g/mol. The van der Waals surface area contributed by atoms with Gasteiger partial charge in [0.25, 0.3) is 0 Å². The number of hydrogen-bond donors (Lipinski definition) is 2. The van der Waals surface area contributed by atoms with Crippen molar-refractivity contribution in [2.75, 3.05) is 5.33 Å². The quantitative estimate of drug-likeness (QED) is 0.783. The number of rotatable bonds is 5. The van der Waals surface area contributed by atoms with Gasteiger partial charge in [0.1, 0.15) is 5.78 Å². The van der Waals surface area contributed by atoms with Gasteiger partial charge < -0.3 is 10.2 Å². The SMILES string of the molecule is O=C(CBr)Cc1cccc(C(O)C(=O)O)c1Br. The van der Waals surface area contributed by atoms with E-state index in [1.807, 2.05) is 0 Å². The molecule has 17 heavy (non-hydrogen) atoms. The standard InChI is InChI=1S/C11H10Br2O4/c12-5-7(14)4-6-2-1-3-8(9(6)13)10(15)11(16)17/h1-3,10,15H,4-5H2,(H,16,17). The highest BCUT2D eigenvalue weighted by Crippen LogP contribution is 2.27. The van der Waals surface area contributed by atoms with Gasteiger partial charge in [0.05, 0.1) is 5.33 Å². The molecule has 0 aliphatic heterocycles. The minimum Gasteiger partial charge on any atom is -0.479 e. The van der Waals surface area contributed by atoms with Crippen LogP contribution in [0.2, 0.25) is 0 Å². The van der Waals surface area contributed by atoms with Crippen LogP contribution in [0, 0.1) is 0 Å². The first kappa shape index (κ1) is 14.3. The molecule has 4 nitrogen and oxygen atoms in total. The highest BCUT2D eigenvalue weighted by Gasteiger charge is 2.20. The average Bonchev–Trinajstić information content (AvgIpc) is 2.30. The Bertz CT molecular complexity index is 445. The molecule has 0 radical (unpaired) electrons. The second-order valence-electron chi connectivity index (χ2n) is 3.41. The fourth-order valence-corrected chi connectivity index (χ4v) is 2.16. The van der Waals surface area contributed by atoms with Gasteiger partial charge in [0.2, 0.25) is 0 Å². The van der Waals surface area contributed by atoms with Gasteiger partial charge in [-0.15, -0.1) is 0 Å². The van der Waals surface area contributed by atoms with E-state index in [0.29, 0.717) is 10.0 Å². The third-order valence-electron chi connectivity index (χ3n) is 2.17. The summed E-state index contributed by atoms with van der Waals surface area (Å²) >= 11 is 6.28. The lowest BCUT2D eigenvalue weighted by Crippen LogP contribution is -2.12. The van der Waals surface area contributed by atoms with Crippen molar-refractivity contribution in [2.45, 2.75) is 12.5 Å². The number of alkyl halides is 1. The minimum absolute atomic E-state index is 0.0207. The lowest BCUT2D eigenvalue weighted by atomic mass is 10.0. The van der Waals surface area contributed by atoms with Crippen LogP contribution in [0.25, 0.3) is 0 Å². The number of carboxylic acid groups (broad SMARTS) is 1. The third-order valence-corrected chi connectivity index (χ3v) is 3.77. The van der Waals surface area contributed by atoms with Crippen molar-refractivity contribution in [3.8, 4) is 0 Å². The van der Waals surface area contributed by atoms with E-state index in [1.54, 1.807) is 12.1 Å². The topological polar surface area (TPSA) is 74.6 Å². The maximum Gasteiger partial charge on any atom is 0.337 e. The number of carbonyl (C=O) groups excluding carboxylic acids is 1. The number of aliphatic carboxylic acids is 1. The second kappa shape index (κ2) is 6.28. The number of aliphatic hydroxyl groups excluding tert-OH is 1. The summed E-state index contributed by atoms with van der Waals surface area (Å²) in [5.74, 6) is -1.35. The lowest BCUT2D eigenvalue weighted by molar-refractivity contribution is -0.147. The van der Waals surface area contributed by atoms with Crippen molar-refractivity contribution in [3.63, 3.8) is 0 Å². The molecule has 1 rings (SSSR count). The van der Waals surface area contributed by atoms with Crippen LogP contribution >= 0.6 is 31.9 Å². The summed E-state index contributed by atoms with van der Waals surface area (Å²) in [6.07, 6.45) is -1.41. The molecular weight excluding hydrogens is 356 g/mol. The summed E-state index contributed by atoms with van der Waals surface area (Å²) < 4.78 is 0.462. The van der Waals surface area contributed by atoms with Gasteiger partial charge in [-0.3, -0.25) is 4.79 Å². The highest BCUT2D eigenvalue weighted by atomic mass is 79.9. The molecule has 0 amide bonds. The molecule has 0 aromatic heterocycles. The number of carbonyl (C=O) groups is 2. The number of Topliss-reactive ketones (excluding diaryl/α,β-unsaturated/α-hetero) is 1. The zero-order valence-corrected chi connectivity index (χ0v) is 11.9. The number of halogens is 2. The van der Waals surface area contributed by atoms with Crippen LogP contribution < -0.4 is 0 Å². The van der Waals surface area contributed by atoms with Crippen molar-refractivity contribution in [3.05, 3.63) is 33.8 Å². The predicted molar refractivity (Wildman–Crippen MR) is 69.2 cm³/mol. The first-order valence-corrected chi connectivity index (χ1v) is 6.64. The van der Waals surface area contributed by atoms with Gasteiger partial charge in [-0.05, 0) is 5.56 Å². The summed E-state index contributed by atoms with van der Waals surface area (Å²) in [6, 6.07) is 4.83. The Kier molecular flexibility index (Phi) is 5.30. The van der Waals surface area contributed by atoms with Gasteiger partial charge in [0.15, 0.2) is 6.10 Å². The van der Waals surface area contributed by atoms with Crippen LogP contribution in [0.4, 0.5) is 0 Å². The predicted octanol–water partition coefficient (Wildman–Crippen LogP) is 2.07. The van der Waals surface area contributed by atoms with E-state index >= 15 is 0 Å². The molecule has 6 heteroatoms. The molecule has 0 bridgehead atoms. The van der Waals surface area contributed by atoms with Crippen LogP contribution in [-0.4, -0.2) is 27.3 Å². The molecule has 1 aromatic rings. The summed E-state index contributed by atoms with van der Waals surface area (Å²) in [5, 5.41) is 18.4. The van der Waals surface area contributed by atoms with E-state index in [2.05, 4.69) is 31.9 Å². The van der Waals surface area contributed by atoms with E-state index < -0.39 is 12.1 Å². The number of ketones is 1. The summed E-state index contributed by atoms with van der Waals surface area (Å²) in [4.78, 5) is 22.0. The minimum atomic E-state index is -1.59. The van der Waals surface area contributed by atoms with E-state index in [9.17, 15) is 14.7 Å². The van der Waals surface area contributed by atoms with Crippen LogP contribution in [0.3, 0.4) is 0 Å². The van der Waals surface area contributed by atoms with E-state index in [0.717, 1.165) is 0 Å². The Morgan fingerprint density at radius 2 is 2.00 bits per heavy atom. The molecule has 92 valence electrons. The van der Waals surface area contributed by atoms with Gasteiger partial charge in [-0.1, -0.05) is 50.1 Å². The highest BCUT2D eigenvalue weighted by molar-refractivity contribution is 9.10. The first-order chi connectivity index (χ1) is 7.97. The summed E-state index contributed by atoms with van der Waals surface area (Å²) in [5.41, 5.74) is 0.907. The van der Waals surface area contributed by atoms with Crippen LogP contribution in [0.1, 0.15) is 17.2 Å². The van der Waals surface area contributed by atoms with Crippen molar-refractivity contribution in [1.29, 1.82) is 0 Å². The molecule has 1 aromatic carbocycles. The Labute approximate surface area is 115 Å². The zero-order valence-electron chi connectivity index (χ0n) is 8.69. The Morgan fingerprint density at radius 3 is 2.53 bits per heavy atom. The Hall–Kier alpha value is -0.720. The molecule has 0 aliphatic carbocycles. The zero-order chi connectivity index (χ0) is 13.0. The Morgan fingerprint density at radius 1 is 1.35 bits per heavy atom. The Balaban J connectivity index is 3.07. The number of carboxylic acids is 1. The van der Waals surface area contributed by atoms with Gasteiger partial charge in [-0.2, -0.15) is 0 Å². The van der Waals surface area contributed by atoms with Gasteiger partial charge in [0, 0.05) is 16.5 Å². The maximum atomic E-state index is 11.3. The molecule has 0 heterocycles.